The van der Waals surface area contributed by atoms with Crippen LogP contribution in [0.2, 0.25) is 0 Å². The minimum Gasteiger partial charge on any atom is -0.493 e. The lowest BCUT2D eigenvalue weighted by molar-refractivity contribution is 0.110. The summed E-state index contributed by atoms with van der Waals surface area (Å²) in [6.45, 7) is -0.272. The number of carbonyl (C=O) groups excluding carboxylic acids is 1. The number of hydrogen-bond acceptors (Lipinski definition) is 8. The van der Waals surface area contributed by atoms with Crippen LogP contribution in [-0.2, 0) is 19.8 Å². The summed E-state index contributed by atoms with van der Waals surface area (Å²) in [5.41, 5.74) is 2.60. The third kappa shape index (κ3) is 4.30. The average Bonchev–Trinajstić information content (AvgIpc) is 3.41. The van der Waals surface area contributed by atoms with Crippen molar-refractivity contribution in [3.05, 3.63) is 59.0 Å². The number of carbonyl (C=O) groups is 1. The molecule has 0 fully saturated rings. The number of aldehydes is 1. The van der Waals surface area contributed by atoms with E-state index in [9.17, 15) is 4.79 Å². The van der Waals surface area contributed by atoms with E-state index < -0.39 is 0 Å². The predicted molar refractivity (Wildman–Crippen MR) is 109 cm³/mol. The topological polar surface area (TPSA) is 123 Å². The third-order valence-electron chi connectivity index (χ3n) is 4.43. The van der Waals surface area contributed by atoms with Gasteiger partial charge in [-0.1, -0.05) is 0 Å². The Morgan fingerprint density at radius 1 is 0.767 bits per heavy atom. The molecule has 30 heavy (non-hydrogen) atoms. The Labute approximate surface area is 171 Å². The smallest absolute Gasteiger partial charge is 0.185 e. The molecular formula is C22H22O8. The van der Waals surface area contributed by atoms with Gasteiger partial charge in [0.25, 0.3) is 0 Å². The molecule has 8 nitrogen and oxygen atoms in total. The van der Waals surface area contributed by atoms with Crippen molar-refractivity contribution < 1.29 is 38.4 Å². The first-order chi connectivity index (χ1) is 14.6. The molecule has 0 saturated heterocycles. The number of fused-ring (bicyclic) bond motifs is 2. The molecule has 8 heteroatoms. The van der Waals surface area contributed by atoms with E-state index in [1.165, 1.54) is 14.2 Å². The van der Waals surface area contributed by atoms with Crippen molar-refractivity contribution in [3.8, 4) is 11.5 Å². The first kappa shape index (κ1) is 21.4. The minimum absolute atomic E-state index is 0.0497. The summed E-state index contributed by atoms with van der Waals surface area (Å²) in [6, 6.07) is 10.3. The second-order valence-corrected chi connectivity index (χ2v) is 6.39. The molecule has 0 saturated carbocycles. The summed E-state index contributed by atoms with van der Waals surface area (Å²) in [5.74, 6) is 1.82. The van der Waals surface area contributed by atoms with Gasteiger partial charge in [-0.3, -0.25) is 4.79 Å². The van der Waals surface area contributed by atoms with Crippen LogP contribution in [0.25, 0.3) is 21.9 Å². The molecule has 0 aliphatic rings. The Morgan fingerprint density at radius 2 is 1.30 bits per heavy atom. The van der Waals surface area contributed by atoms with Crippen LogP contribution < -0.4 is 9.47 Å². The molecular weight excluding hydrogens is 392 g/mol. The van der Waals surface area contributed by atoms with Gasteiger partial charge in [-0.2, -0.15) is 0 Å². The standard InChI is InChI=1S/C11H12O4.C11H10O4/c2*1-14-10-3-7(5-12)2-8-4-9(6-13)15-11(8)10/h2-4,12-13H,5-6H2,1H3;2-4,6,12H,5H2,1H3. The molecule has 2 aromatic carbocycles. The van der Waals surface area contributed by atoms with Gasteiger partial charge in [0, 0.05) is 10.8 Å². The van der Waals surface area contributed by atoms with E-state index in [0.29, 0.717) is 34.7 Å². The number of hydrogen-bond donors (Lipinski definition) is 3. The van der Waals surface area contributed by atoms with Gasteiger partial charge < -0.3 is 33.6 Å². The highest BCUT2D eigenvalue weighted by atomic mass is 16.5. The second-order valence-electron chi connectivity index (χ2n) is 6.39. The van der Waals surface area contributed by atoms with Crippen LogP contribution in [0.5, 0.6) is 11.5 Å². The van der Waals surface area contributed by atoms with E-state index in [1.807, 2.05) is 0 Å². The second kappa shape index (κ2) is 9.45. The van der Waals surface area contributed by atoms with Crippen LogP contribution in [0.4, 0.5) is 0 Å². The fourth-order valence-corrected chi connectivity index (χ4v) is 3.06. The Morgan fingerprint density at radius 3 is 1.77 bits per heavy atom. The van der Waals surface area contributed by atoms with Gasteiger partial charge in [0.15, 0.2) is 34.7 Å². The number of methoxy groups -OCH3 is 2. The highest BCUT2D eigenvalue weighted by Gasteiger charge is 2.11. The summed E-state index contributed by atoms with van der Waals surface area (Å²) < 4.78 is 20.9. The van der Waals surface area contributed by atoms with Crippen molar-refractivity contribution in [1.29, 1.82) is 0 Å². The van der Waals surface area contributed by atoms with E-state index in [2.05, 4.69) is 0 Å². The highest BCUT2D eigenvalue weighted by Crippen LogP contribution is 2.31. The maximum absolute atomic E-state index is 10.5. The fourth-order valence-electron chi connectivity index (χ4n) is 3.06. The lowest BCUT2D eigenvalue weighted by Gasteiger charge is -2.02. The lowest BCUT2D eigenvalue weighted by atomic mass is 10.1. The van der Waals surface area contributed by atoms with Gasteiger partial charge in [-0.15, -0.1) is 0 Å². The van der Waals surface area contributed by atoms with E-state index in [-0.39, 0.29) is 25.6 Å². The fraction of sp³-hybridized carbons (Fsp3) is 0.227. The van der Waals surface area contributed by atoms with Crippen LogP contribution >= 0.6 is 0 Å². The molecule has 0 spiro atoms. The minimum atomic E-state index is -0.147. The molecule has 0 aliphatic carbocycles. The molecule has 0 radical (unpaired) electrons. The number of ether oxygens (including phenoxy) is 2. The summed E-state index contributed by atoms with van der Waals surface area (Å²) in [7, 11) is 3.05. The van der Waals surface area contributed by atoms with Crippen LogP contribution in [-0.4, -0.2) is 35.8 Å². The van der Waals surface area contributed by atoms with E-state index in [4.69, 9.17) is 33.6 Å². The van der Waals surface area contributed by atoms with Gasteiger partial charge in [-0.05, 0) is 47.5 Å². The molecule has 158 valence electrons. The Bertz CT molecular complexity index is 1160. The molecule has 0 atom stereocenters. The van der Waals surface area contributed by atoms with Gasteiger partial charge in [-0.25, -0.2) is 0 Å². The Balaban J connectivity index is 0.000000171. The SMILES string of the molecule is COc1cc(CO)cc2cc(C=O)oc12.COc1cc(CO)cc2cc(CO)oc12. The third-order valence-corrected chi connectivity index (χ3v) is 4.43. The normalized spacial score (nSPS) is 10.7. The summed E-state index contributed by atoms with van der Waals surface area (Å²) >= 11 is 0. The van der Waals surface area contributed by atoms with Gasteiger partial charge >= 0.3 is 0 Å². The largest absolute Gasteiger partial charge is 0.493 e. The van der Waals surface area contributed by atoms with Crippen molar-refractivity contribution in [1.82, 2.24) is 0 Å². The van der Waals surface area contributed by atoms with E-state index in [0.717, 1.165) is 21.9 Å². The van der Waals surface area contributed by atoms with Crippen LogP contribution in [0.1, 0.15) is 27.4 Å². The van der Waals surface area contributed by atoms with Crippen molar-refractivity contribution in [2.24, 2.45) is 0 Å². The average molecular weight is 414 g/mol. The Kier molecular flexibility index (Phi) is 6.73. The molecule has 4 aromatic rings. The molecule has 0 unspecified atom stereocenters. The van der Waals surface area contributed by atoms with Gasteiger partial charge in [0.1, 0.15) is 12.4 Å². The summed E-state index contributed by atoms with van der Waals surface area (Å²) in [4.78, 5) is 10.5. The maximum atomic E-state index is 10.5. The Hall–Kier alpha value is -3.33. The molecule has 4 rings (SSSR count). The zero-order valence-corrected chi connectivity index (χ0v) is 16.5. The summed E-state index contributed by atoms with van der Waals surface area (Å²) in [5, 5.41) is 28.6. The van der Waals surface area contributed by atoms with Crippen molar-refractivity contribution >= 4 is 28.2 Å². The number of aliphatic hydroxyl groups excluding tert-OH is 3. The number of rotatable bonds is 6. The van der Waals surface area contributed by atoms with E-state index in [1.54, 1.807) is 36.4 Å². The highest BCUT2D eigenvalue weighted by molar-refractivity contribution is 5.89. The predicted octanol–water partition coefficient (Wildman–Crippen LogP) is 3.17. The first-order valence-corrected chi connectivity index (χ1v) is 9.04. The molecule has 0 amide bonds. The molecule has 0 bridgehead atoms. The van der Waals surface area contributed by atoms with Gasteiger partial charge in [0.05, 0.1) is 27.4 Å². The lowest BCUT2D eigenvalue weighted by Crippen LogP contribution is -1.87. The summed E-state index contributed by atoms with van der Waals surface area (Å²) in [6.07, 6.45) is 0.637. The zero-order chi connectivity index (χ0) is 21.7. The van der Waals surface area contributed by atoms with Crippen LogP contribution in [0, 0.1) is 0 Å². The van der Waals surface area contributed by atoms with Crippen LogP contribution in [0.15, 0.2) is 45.2 Å². The number of furan rings is 2. The maximum Gasteiger partial charge on any atom is 0.185 e. The molecule has 0 aliphatic heterocycles. The quantitative estimate of drug-likeness (QED) is 0.411. The monoisotopic (exact) mass is 414 g/mol. The number of aliphatic hydroxyl groups is 3. The zero-order valence-electron chi connectivity index (χ0n) is 16.5. The van der Waals surface area contributed by atoms with Crippen molar-refractivity contribution in [2.45, 2.75) is 19.8 Å². The molecule has 3 N–H and O–H groups in total. The van der Waals surface area contributed by atoms with Crippen LogP contribution in [0.3, 0.4) is 0 Å². The van der Waals surface area contributed by atoms with E-state index >= 15 is 0 Å². The first-order valence-electron chi connectivity index (χ1n) is 9.04. The van der Waals surface area contributed by atoms with Crippen molar-refractivity contribution in [2.75, 3.05) is 14.2 Å². The molecule has 2 heterocycles. The number of benzene rings is 2. The van der Waals surface area contributed by atoms with Crippen molar-refractivity contribution in [3.63, 3.8) is 0 Å². The van der Waals surface area contributed by atoms with Gasteiger partial charge in [0.2, 0.25) is 0 Å². The molecule has 2 aromatic heterocycles.